The lowest BCUT2D eigenvalue weighted by Gasteiger charge is -2.18. The van der Waals surface area contributed by atoms with Gasteiger partial charge in [-0.15, -0.1) is 0 Å². The molecular weight excluding hydrogens is 156 g/mol. The molecule has 0 fully saturated rings. The minimum atomic E-state index is 0. The van der Waals surface area contributed by atoms with Gasteiger partial charge < -0.3 is 0 Å². The molecule has 0 saturated heterocycles. The van der Waals surface area contributed by atoms with Crippen LogP contribution >= 0.6 is 0 Å². The van der Waals surface area contributed by atoms with Crippen LogP contribution in [0.15, 0.2) is 24.3 Å². The average molecular weight is 173 g/mol. The number of hydrogen-bond donors (Lipinski definition) is 0. The van der Waals surface area contributed by atoms with E-state index in [4.69, 9.17) is 0 Å². The van der Waals surface area contributed by atoms with Crippen molar-refractivity contribution in [2.75, 3.05) is 0 Å². The van der Waals surface area contributed by atoms with Crippen LogP contribution in [0.5, 0.6) is 0 Å². The van der Waals surface area contributed by atoms with Gasteiger partial charge in [0.05, 0.1) is 0 Å². The van der Waals surface area contributed by atoms with Crippen LogP contribution in [0.3, 0.4) is 0 Å². The summed E-state index contributed by atoms with van der Waals surface area (Å²) in [5, 5.41) is 0. The van der Waals surface area contributed by atoms with Crippen molar-refractivity contribution in [3.63, 3.8) is 0 Å². The predicted octanol–water partition coefficient (Wildman–Crippen LogP) is 3.67. The molecule has 1 aliphatic carbocycles. The summed E-state index contributed by atoms with van der Waals surface area (Å²) in [6.07, 6.45) is 5.70. The molecule has 13 heavy (non-hydrogen) atoms. The van der Waals surface area contributed by atoms with Crippen molar-refractivity contribution in [1.29, 1.82) is 0 Å². The second kappa shape index (κ2) is 2.73. The Morgan fingerprint density at radius 2 is 2.08 bits per heavy atom. The molecule has 0 heteroatoms. The van der Waals surface area contributed by atoms with E-state index >= 15 is 0 Å². The third-order valence-electron chi connectivity index (χ3n) is 2.94. The molecule has 0 heterocycles. The summed E-state index contributed by atoms with van der Waals surface area (Å²) in [5.74, 6) is 0. The number of rotatable bonds is 1. The van der Waals surface area contributed by atoms with Gasteiger partial charge in [-0.1, -0.05) is 51.1 Å². The molecule has 1 aliphatic rings. The monoisotopic (exact) mass is 173 g/mol. The van der Waals surface area contributed by atoms with Crippen molar-refractivity contribution in [3.8, 4) is 0 Å². The van der Waals surface area contributed by atoms with Gasteiger partial charge in [-0.2, -0.15) is 0 Å². The SMILES string of the molecule is CCc1cccc2c1C=CC2(C)C.[H+]. The highest BCUT2D eigenvalue weighted by Crippen LogP contribution is 2.36. The zero-order valence-electron chi connectivity index (χ0n) is 9.59. The van der Waals surface area contributed by atoms with Gasteiger partial charge in [-0.05, 0) is 23.1 Å². The third-order valence-corrected chi connectivity index (χ3v) is 2.94. The molecule has 0 aliphatic heterocycles. The number of benzene rings is 1. The predicted molar refractivity (Wildman–Crippen MR) is 59.0 cm³/mol. The number of hydrogen-bond acceptors (Lipinski definition) is 0. The molecule has 1 aromatic rings. The van der Waals surface area contributed by atoms with Gasteiger partial charge in [-0.3, -0.25) is 0 Å². The fraction of sp³-hybridized carbons (Fsp3) is 0.385. The van der Waals surface area contributed by atoms with E-state index in [0.717, 1.165) is 6.42 Å². The molecule has 0 atom stereocenters. The Morgan fingerprint density at radius 1 is 1.31 bits per heavy atom. The van der Waals surface area contributed by atoms with E-state index in [-0.39, 0.29) is 6.84 Å². The first-order valence-corrected chi connectivity index (χ1v) is 4.97. The van der Waals surface area contributed by atoms with E-state index in [2.05, 4.69) is 51.1 Å². The fourth-order valence-corrected chi connectivity index (χ4v) is 2.06. The molecule has 1 aromatic carbocycles. The quantitative estimate of drug-likeness (QED) is 0.608. The number of fused-ring (bicyclic) bond motifs is 1. The van der Waals surface area contributed by atoms with Crippen molar-refractivity contribution in [1.82, 2.24) is 0 Å². The highest BCUT2D eigenvalue weighted by Gasteiger charge is 2.25. The molecule has 0 nitrogen and oxygen atoms in total. The van der Waals surface area contributed by atoms with Crippen LogP contribution in [0, 0.1) is 0 Å². The molecule has 2 rings (SSSR count). The minimum absolute atomic E-state index is 0. The summed E-state index contributed by atoms with van der Waals surface area (Å²) in [7, 11) is 0. The number of allylic oxidation sites excluding steroid dienone is 1. The van der Waals surface area contributed by atoms with Crippen LogP contribution in [0.1, 0.15) is 38.9 Å². The van der Waals surface area contributed by atoms with Gasteiger partial charge in [0.2, 0.25) is 0 Å². The van der Waals surface area contributed by atoms with E-state index in [9.17, 15) is 0 Å². The highest BCUT2D eigenvalue weighted by molar-refractivity contribution is 5.67. The first-order chi connectivity index (χ1) is 6.15. The van der Waals surface area contributed by atoms with E-state index in [1.807, 2.05) is 0 Å². The largest absolute Gasteiger partial charge is 1.00 e. The van der Waals surface area contributed by atoms with Crippen LogP contribution in [-0.4, -0.2) is 0 Å². The number of aryl methyl sites for hydroxylation is 1. The summed E-state index contributed by atoms with van der Waals surface area (Å²) >= 11 is 0. The van der Waals surface area contributed by atoms with Crippen LogP contribution in [-0.2, 0) is 11.8 Å². The molecule has 0 bridgehead atoms. The Labute approximate surface area is 81.8 Å². The maximum Gasteiger partial charge on any atom is 1.00 e. The van der Waals surface area contributed by atoms with Crippen molar-refractivity contribution in [2.45, 2.75) is 32.6 Å². The van der Waals surface area contributed by atoms with E-state index < -0.39 is 0 Å². The second-order valence-electron chi connectivity index (χ2n) is 4.29. The molecule has 0 N–H and O–H groups in total. The molecule has 0 aromatic heterocycles. The lowest BCUT2D eigenvalue weighted by atomic mass is 9.86. The Hall–Kier alpha value is -1.04. The Kier molecular flexibility index (Phi) is 1.80. The maximum absolute atomic E-state index is 2.30. The molecule has 0 amide bonds. The van der Waals surface area contributed by atoms with Gasteiger partial charge >= 0.3 is 1.43 Å². The molecule has 68 valence electrons. The van der Waals surface area contributed by atoms with Crippen molar-refractivity contribution >= 4 is 6.08 Å². The van der Waals surface area contributed by atoms with E-state index in [0.29, 0.717) is 0 Å². The van der Waals surface area contributed by atoms with Gasteiger partial charge in [0.25, 0.3) is 0 Å². The molecule has 0 unspecified atom stereocenters. The minimum Gasteiger partial charge on any atom is -0.0738 e. The molecule has 0 saturated carbocycles. The van der Waals surface area contributed by atoms with Crippen LogP contribution < -0.4 is 0 Å². The van der Waals surface area contributed by atoms with Crippen LogP contribution in [0.4, 0.5) is 0 Å². The Morgan fingerprint density at radius 3 is 2.77 bits per heavy atom. The zero-order chi connectivity index (χ0) is 9.47. The van der Waals surface area contributed by atoms with E-state index in [1.54, 1.807) is 0 Å². The van der Waals surface area contributed by atoms with Gasteiger partial charge in [-0.25, -0.2) is 0 Å². The van der Waals surface area contributed by atoms with Gasteiger partial charge in [0, 0.05) is 5.41 Å². The highest BCUT2D eigenvalue weighted by atomic mass is 14.3. The van der Waals surface area contributed by atoms with Gasteiger partial charge in [0.1, 0.15) is 0 Å². The lowest BCUT2D eigenvalue weighted by molar-refractivity contribution is 0.682. The average Bonchev–Trinajstić information content (AvgIpc) is 2.43. The zero-order valence-corrected chi connectivity index (χ0v) is 8.59. The first-order valence-electron chi connectivity index (χ1n) is 4.97. The summed E-state index contributed by atoms with van der Waals surface area (Å²) in [6, 6.07) is 6.64. The van der Waals surface area contributed by atoms with Crippen molar-refractivity contribution in [2.24, 2.45) is 0 Å². The smallest absolute Gasteiger partial charge is 0.0738 e. The molecule has 0 radical (unpaired) electrons. The fourth-order valence-electron chi connectivity index (χ4n) is 2.06. The third kappa shape index (κ3) is 1.21. The first kappa shape index (κ1) is 8.55. The normalized spacial score (nSPS) is 17.5. The van der Waals surface area contributed by atoms with E-state index in [1.165, 1.54) is 16.7 Å². The lowest BCUT2D eigenvalue weighted by Crippen LogP contribution is -2.10. The summed E-state index contributed by atoms with van der Waals surface area (Å²) in [5.41, 5.74) is 4.64. The van der Waals surface area contributed by atoms with Gasteiger partial charge in [0.15, 0.2) is 0 Å². The summed E-state index contributed by atoms with van der Waals surface area (Å²) < 4.78 is 0. The summed E-state index contributed by atoms with van der Waals surface area (Å²) in [6.45, 7) is 6.76. The van der Waals surface area contributed by atoms with Crippen LogP contribution in [0.2, 0.25) is 0 Å². The topological polar surface area (TPSA) is 0 Å². The molecular formula is C13H17+. The Bertz CT molecular complexity index is 361. The van der Waals surface area contributed by atoms with Crippen LogP contribution in [0.25, 0.3) is 6.08 Å². The second-order valence-corrected chi connectivity index (χ2v) is 4.29. The standard InChI is InChI=1S/C13H16/c1-4-10-6-5-7-12-11(10)8-9-13(12,2)3/h5-9H,4H2,1-3H3/p+1. The molecule has 0 spiro atoms. The maximum atomic E-state index is 2.30. The van der Waals surface area contributed by atoms with Crippen molar-refractivity contribution in [3.05, 3.63) is 41.0 Å². The summed E-state index contributed by atoms with van der Waals surface area (Å²) in [4.78, 5) is 0. The van der Waals surface area contributed by atoms with Crippen molar-refractivity contribution < 1.29 is 1.43 Å². The Balaban J connectivity index is 0.000000980.